The van der Waals surface area contributed by atoms with E-state index in [2.05, 4.69) is 15.5 Å². The number of esters is 2. The molecule has 0 amide bonds. The van der Waals surface area contributed by atoms with Crippen molar-refractivity contribution in [2.45, 2.75) is 33.0 Å². The van der Waals surface area contributed by atoms with Gasteiger partial charge in [-0.2, -0.15) is 4.98 Å². The molecule has 0 aliphatic carbocycles. The molecule has 8 heteroatoms. The largest absolute Gasteiger partial charge is 0.419 e. The van der Waals surface area contributed by atoms with Crippen molar-refractivity contribution in [2.75, 3.05) is 5.32 Å². The number of cyclic esters (lactones) is 2. The van der Waals surface area contributed by atoms with Gasteiger partial charge in [0.05, 0.1) is 0 Å². The molecule has 1 saturated heterocycles. The van der Waals surface area contributed by atoms with E-state index in [4.69, 9.17) is 14.0 Å². The third-order valence-corrected chi connectivity index (χ3v) is 3.42. The summed E-state index contributed by atoms with van der Waals surface area (Å²) < 4.78 is 15.2. The molecular formula is C17H17N3O5. The van der Waals surface area contributed by atoms with Crippen LogP contribution in [0.3, 0.4) is 0 Å². The van der Waals surface area contributed by atoms with Crippen LogP contribution in [-0.2, 0) is 25.5 Å². The minimum absolute atomic E-state index is 0.201. The minimum Gasteiger partial charge on any atom is -0.419 e. The highest BCUT2D eigenvalue weighted by molar-refractivity contribution is 6.15. The van der Waals surface area contributed by atoms with Gasteiger partial charge in [0.2, 0.25) is 0 Å². The fraction of sp³-hybridized carbons (Fsp3) is 0.294. The third kappa shape index (κ3) is 3.68. The van der Waals surface area contributed by atoms with Gasteiger partial charge in [-0.25, -0.2) is 9.59 Å². The van der Waals surface area contributed by atoms with Crippen LogP contribution in [0.4, 0.5) is 5.69 Å². The van der Waals surface area contributed by atoms with E-state index in [9.17, 15) is 9.59 Å². The Hall–Kier alpha value is -3.16. The molecule has 0 radical (unpaired) electrons. The molecule has 0 atom stereocenters. The number of nitrogens with one attached hydrogen (secondary N) is 1. The zero-order valence-corrected chi connectivity index (χ0v) is 14.0. The third-order valence-electron chi connectivity index (χ3n) is 3.42. The number of rotatable bonds is 4. The smallest absolute Gasteiger partial charge is 0.350 e. The predicted octanol–water partition coefficient (Wildman–Crippen LogP) is 2.43. The second-order valence-electron chi connectivity index (χ2n) is 5.83. The Bertz CT molecular complexity index is 814. The summed E-state index contributed by atoms with van der Waals surface area (Å²) in [5.74, 6) is -1.65. The summed E-state index contributed by atoms with van der Waals surface area (Å²) in [7, 11) is 0. The van der Waals surface area contributed by atoms with Crippen molar-refractivity contribution in [3.8, 4) is 11.5 Å². The molecule has 0 unspecified atom stereocenters. The van der Waals surface area contributed by atoms with Gasteiger partial charge in [-0.15, -0.1) is 0 Å². The number of aryl methyl sites for hydroxylation is 1. The Balaban J connectivity index is 1.71. The first-order chi connectivity index (χ1) is 11.9. The van der Waals surface area contributed by atoms with Crippen LogP contribution in [0.25, 0.3) is 11.5 Å². The second kappa shape index (κ2) is 6.39. The molecule has 25 heavy (non-hydrogen) atoms. The molecule has 1 aliphatic heterocycles. The number of benzene rings is 1. The Morgan fingerprint density at radius 3 is 2.32 bits per heavy atom. The van der Waals surface area contributed by atoms with Crippen LogP contribution in [-0.4, -0.2) is 27.9 Å². The highest BCUT2D eigenvalue weighted by Gasteiger charge is 2.38. The molecule has 8 nitrogen and oxygen atoms in total. The fourth-order valence-corrected chi connectivity index (χ4v) is 2.16. The van der Waals surface area contributed by atoms with Crippen LogP contribution in [0.1, 0.15) is 26.6 Å². The Morgan fingerprint density at radius 2 is 1.76 bits per heavy atom. The zero-order chi connectivity index (χ0) is 18.0. The maximum absolute atomic E-state index is 11.9. The number of hydrogen-bond donors (Lipinski definition) is 1. The molecule has 0 spiro atoms. The van der Waals surface area contributed by atoms with Crippen molar-refractivity contribution in [2.24, 2.45) is 0 Å². The van der Waals surface area contributed by atoms with Crippen LogP contribution in [0.2, 0.25) is 0 Å². The van der Waals surface area contributed by atoms with Gasteiger partial charge in [0, 0.05) is 37.7 Å². The van der Waals surface area contributed by atoms with Crippen molar-refractivity contribution >= 4 is 17.6 Å². The first kappa shape index (κ1) is 16.7. The lowest BCUT2D eigenvalue weighted by Gasteiger charge is -2.29. The van der Waals surface area contributed by atoms with Gasteiger partial charge in [-0.1, -0.05) is 12.1 Å². The molecule has 3 rings (SSSR count). The van der Waals surface area contributed by atoms with Crippen LogP contribution < -0.4 is 5.32 Å². The van der Waals surface area contributed by atoms with Crippen LogP contribution in [0.15, 0.2) is 40.6 Å². The summed E-state index contributed by atoms with van der Waals surface area (Å²) in [4.78, 5) is 28.0. The second-order valence-corrected chi connectivity index (χ2v) is 5.83. The summed E-state index contributed by atoms with van der Waals surface area (Å²) >= 11 is 0. The van der Waals surface area contributed by atoms with Gasteiger partial charge in [-0.05, 0) is 24.3 Å². The summed E-state index contributed by atoms with van der Waals surface area (Å²) in [5, 5.41) is 6.71. The van der Waals surface area contributed by atoms with Crippen LogP contribution in [0.5, 0.6) is 0 Å². The number of ether oxygens (including phenoxy) is 2. The van der Waals surface area contributed by atoms with Crippen LogP contribution in [0, 0.1) is 0 Å². The first-order valence-electron chi connectivity index (χ1n) is 7.74. The first-order valence-corrected chi connectivity index (χ1v) is 7.74. The quantitative estimate of drug-likeness (QED) is 0.513. The summed E-state index contributed by atoms with van der Waals surface area (Å²) in [6, 6.07) is 7.08. The van der Waals surface area contributed by atoms with E-state index in [1.54, 1.807) is 24.3 Å². The van der Waals surface area contributed by atoms with Gasteiger partial charge < -0.3 is 19.3 Å². The number of carbonyl (C=O) groups is 2. The minimum atomic E-state index is -1.26. The average molecular weight is 343 g/mol. The Morgan fingerprint density at radius 1 is 1.12 bits per heavy atom. The molecular weight excluding hydrogens is 326 g/mol. The van der Waals surface area contributed by atoms with Gasteiger partial charge in [0.1, 0.15) is 0 Å². The molecule has 0 bridgehead atoms. The molecule has 130 valence electrons. The standard InChI is InChI=1S/C17H17N3O5/c1-4-13-19-14(25-20-13)10-5-7-11(8-6-10)18-9-12-15(21)23-17(2,3)24-16(12)22/h5-9,18H,4H2,1-3H3. The number of hydrogen-bond acceptors (Lipinski definition) is 8. The van der Waals surface area contributed by atoms with E-state index in [0.717, 1.165) is 5.56 Å². The molecule has 1 fully saturated rings. The number of carbonyl (C=O) groups excluding carboxylic acids is 2. The van der Waals surface area contributed by atoms with Crippen molar-refractivity contribution < 1.29 is 23.6 Å². The lowest BCUT2D eigenvalue weighted by Crippen LogP contribution is -2.42. The van der Waals surface area contributed by atoms with E-state index < -0.39 is 17.7 Å². The maximum atomic E-state index is 11.9. The number of anilines is 1. The monoisotopic (exact) mass is 343 g/mol. The summed E-state index contributed by atoms with van der Waals surface area (Å²) in [5.41, 5.74) is 1.23. The van der Waals surface area contributed by atoms with E-state index in [0.29, 0.717) is 23.8 Å². The van der Waals surface area contributed by atoms with E-state index in [1.807, 2.05) is 6.92 Å². The van der Waals surface area contributed by atoms with Crippen LogP contribution >= 0.6 is 0 Å². The lowest BCUT2D eigenvalue weighted by molar-refractivity contribution is -0.222. The Labute approximate surface area is 143 Å². The Kier molecular flexibility index (Phi) is 4.26. The molecule has 2 aromatic rings. The van der Waals surface area contributed by atoms with Crippen molar-refractivity contribution in [1.82, 2.24) is 10.1 Å². The summed E-state index contributed by atoms with van der Waals surface area (Å²) in [6.45, 7) is 4.93. The van der Waals surface area contributed by atoms with Gasteiger partial charge in [-0.3, -0.25) is 0 Å². The molecule has 1 aliphatic rings. The normalized spacial score (nSPS) is 16.2. The van der Waals surface area contributed by atoms with Gasteiger partial charge in [0.25, 0.3) is 11.7 Å². The molecule has 1 N–H and O–H groups in total. The summed E-state index contributed by atoms with van der Waals surface area (Å²) in [6.07, 6.45) is 1.95. The maximum Gasteiger partial charge on any atom is 0.350 e. The molecule has 0 saturated carbocycles. The van der Waals surface area contributed by atoms with E-state index in [-0.39, 0.29) is 5.57 Å². The average Bonchev–Trinajstić information content (AvgIpc) is 3.02. The van der Waals surface area contributed by atoms with Gasteiger partial charge in [0.15, 0.2) is 11.4 Å². The SMILES string of the molecule is CCc1noc(-c2ccc(NC=C3C(=O)OC(C)(C)OC3=O)cc2)n1. The highest BCUT2D eigenvalue weighted by Crippen LogP contribution is 2.23. The molecule has 2 heterocycles. The lowest BCUT2D eigenvalue weighted by atomic mass is 10.2. The van der Waals surface area contributed by atoms with Crippen molar-refractivity contribution in [1.29, 1.82) is 0 Å². The number of aromatic nitrogens is 2. The van der Waals surface area contributed by atoms with Crippen molar-refractivity contribution in [3.63, 3.8) is 0 Å². The predicted molar refractivity (Wildman–Crippen MR) is 87.1 cm³/mol. The van der Waals surface area contributed by atoms with E-state index >= 15 is 0 Å². The zero-order valence-electron chi connectivity index (χ0n) is 14.0. The fourth-order valence-electron chi connectivity index (χ4n) is 2.16. The van der Waals surface area contributed by atoms with E-state index in [1.165, 1.54) is 20.0 Å². The molecule has 1 aromatic carbocycles. The van der Waals surface area contributed by atoms with Gasteiger partial charge >= 0.3 is 11.9 Å². The number of nitrogens with zero attached hydrogens (tertiary/aromatic N) is 2. The highest BCUT2D eigenvalue weighted by atomic mass is 16.7. The van der Waals surface area contributed by atoms with Crippen molar-refractivity contribution in [3.05, 3.63) is 41.9 Å². The topological polar surface area (TPSA) is 104 Å². The molecule has 1 aromatic heterocycles.